The molecule has 1 saturated heterocycles. The maximum Gasteiger partial charge on any atom is 0.319 e. The van der Waals surface area contributed by atoms with E-state index in [0.29, 0.717) is 45.6 Å². The van der Waals surface area contributed by atoms with Crippen LogP contribution in [0.1, 0.15) is 18.4 Å². The minimum atomic E-state index is -0.0371. The maximum absolute atomic E-state index is 13.0. The molecule has 1 aromatic rings. The molecule has 1 aliphatic rings. The summed E-state index contributed by atoms with van der Waals surface area (Å²) in [5.41, 5.74) is 1.06. The lowest BCUT2D eigenvalue weighted by Gasteiger charge is -2.35. The van der Waals surface area contributed by atoms with Gasteiger partial charge in [-0.25, -0.2) is 4.79 Å². The Hall–Kier alpha value is -2.15. The molecule has 25 heavy (non-hydrogen) atoms. The highest BCUT2D eigenvalue weighted by Crippen LogP contribution is 2.21. The fourth-order valence-electron chi connectivity index (χ4n) is 3.04. The van der Waals surface area contributed by atoms with Crippen LogP contribution >= 0.6 is 0 Å². The summed E-state index contributed by atoms with van der Waals surface area (Å²) < 4.78 is 5.16. The van der Waals surface area contributed by atoms with E-state index in [1.165, 1.54) is 0 Å². The van der Waals surface area contributed by atoms with E-state index in [2.05, 4.69) is 4.98 Å². The standard InChI is InChI=1S/C18H28N4O3/c1-20(2)18(24)21-10-6-16(7-11-21)17(23)22(12-13-25-3)14-15-4-8-19-9-5-15/h4-5,8-9,16H,6-7,10-14H2,1-3H3. The number of hydrogen-bond donors (Lipinski definition) is 0. The number of nitrogens with zero attached hydrogens (tertiary/aromatic N) is 4. The monoisotopic (exact) mass is 348 g/mol. The molecule has 0 saturated carbocycles. The van der Waals surface area contributed by atoms with Crippen molar-refractivity contribution in [2.45, 2.75) is 19.4 Å². The fraction of sp³-hybridized carbons (Fsp3) is 0.611. The fourth-order valence-corrected chi connectivity index (χ4v) is 3.04. The van der Waals surface area contributed by atoms with Crippen molar-refractivity contribution in [2.75, 3.05) is 47.4 Å². The molecule has 0 N–H and O–H groups in total. The van der Waals surface area contributed by atoms with Crippen molar-refractivity contribution in [3.05, 3.63) is 30.1 Å². The highest BCUT2D eigenvalue weighted by atomic mass is 16.5. The highest BCUT2D eigenvalue weighted by molar-refractivity contribution is 5.80. The van der Waals surface area contributed by atoms with Crippen molar-refractivity contribution < 1.29 is 14.3 Å². The van der Waals surface area contributed by atoms with Crippen LogP contribution in [0.5, 0.6) is 0 Å². The Kier molecular flexibility index (Phi) is 7.18. The molecule has 1 aliphatic heterocycles. The van der Waals surface area contributed by atoms with E-state index in [-0.39, 0.29) is 17.9 Å². The van der Waals surface area contributed by atoms with Crippen LogP contribution in [0.3, 0.4) is 0 Å². The summed E-state index contributed by atoms with van der Waals surface area (Å²) in [6, 6.07) is 3.86. The molecule has 3 amide bonds. The molecule has 0 aromatic carbocycles. The third kappa shape index (κ3) is 5.42. The SMILES string of the molecule is COCCN(Cc1ccncc1)C(=O)C1CCN(C(=O)N(C)C)CC1. The molecule has 0 bridgehead atoms. The van der Waals surface area contributed by atoms with Gasteiger partial charge in [-0.1, -0.05) is 0 Å². The zero-order chi connectivity index (χ0) is 18.2. The summed E-state index contributed by atoms with van der Waals surface area (Å²) >= 11 is 0. The van der Waals surface area contributed by atoms with Gasteiger partial charge in [-0.05, 0) is 30.5 Å². The summed E-state index contributed by atoms with van der Waals surface area (Å²) in [5.74, 6) is 0.107. The molecule has 1 aromatic heterocycles. The summed E-state index contributed by atoms with van der Waals surface area (Å²) in [6.07, 6.45) is 4.88. The van der Waals surface area contributed by atoms with Gasteiger partial charge in [-0.3, -0.25) is 9.78 Å². The number of rotatable bonds is 6. The lowest BCUT2D eigenvalue weighted by molar-refractivity contribution is -0.138. The van der Waals surface area contributed by atoms with E-state index in [9.17, 15) is 9.59 Å². The smallest absolute Gasteiger partial charge is 0.319 e. The second-order valence-corrected chi connectivity index (χ2v) is 6.55. The van der Waals surface area contributed by atoms with Crippen LogP contribution in [-0.2, 0) is 16.1 Å². The van der Waals surface area contributed by atoms with Gasteiger partial charge in [0.15, 0.2) is 0 Å². The van der Waals surface area contributed by atoms with Crippen molar-refractivity contribution >= 4 is 11.9 Å². The van der Waals surface area contributed by atoms with E-state index >= 15 is 0 Å². The Labute approximate surface area is 149 Å². The number of likely N-dealkylation sites (tertiary alicyclic amines) is 1. The Morgan fingerprint density at radius 1 is 1.24 bits per heavy atom. The predicted octanol–water partition coefficient (Wildman–Crippen LogP) is 1.45. The first-order valence-electron chi connectivity index (χ1n) is 8.65. The Morgan fingerprint density at radius 2 is 1.88 bits per heavy atom. The normalized spacial score (nSPS) is 15.1. The van der Waals surface area contributed by atoms with Gasteiger partial charge in [0.25, 0.3) is 0 Å². The van der Waals surface area contributed by atoms with Crippen LogP contribution in [-0.4, -0.2) is 79.1 Å². The summed E-state index contributed by atoms with van der Waals surface area (Å²) in [5, 5.41) is 0. The third-order valence-electron chi connectivity index (χ3n) is 4.50. The summed E-state index contributed by atoms with van der Waals surface area (Å²) in [6.45, 7) is 2.88. The first kappa shape index (κ1) is 19.2. The number of carbonyl (C=O) groups is 2. The van der Waals surface area contributed by atoms with Crippen molar-refractivity contribution in [2.24, 2.45) is 5.92 Å². The molecule has 0 atom stereocenters. The minimum absolute atomic E-state index is 0.0129. The first-order valence-corrected chi connectivity index (χ1v) is 8.65. The topological polar surface area (TPSA) is 66.0 Å². The molecule has 138 valence electrons. The van der Waals surface area contributed by atoms with Gasteiger partial charge in [0.2, 0.25) is 5.91 Å². The van der Waals surface area contributed by atoms with Crippen molar-refractivity contribution in [3.63, 3.8) is 0 Å². The number of ether oxygens (including phenoxy) is 1. The van der Waals surface area contributed by atoms with Crippen LogP contribution in [0, 0.1) is 5.92 Å². The van der Waals surface area contributed by atoms with Gasteiger partial charge in [-0.2, -0.15) is 0 Å². The number of amides is 3. The summed E-state index contributed by atoms with van der Waals surface area (Å²) in [7, 11) is 5.14. The van der Waals surface area contributed by atoms with Crippen LogP contribution in [0.15, 0.2) is 24.5 Å². The number of carbonyl (C=O) groups excluding carboxylic acids is 2. The van der Waals surface area contributed by atoms with Crippen LogP contribution in [0.4, 0.5) is 4.79 Å². The number of methoxy groups -OCH3 is 1. The Bertz CT molecular complexity index is 557. The van der Waals surface area contributed by atoms with E-state index < -0.39 is 0 Å². The maximum atomic E-state index is 13.0. The molecule has 2 rings (SSSR count). The van der Waals surface area contributed by atoms with E-state index in [1.807, 2.05) is 21.9 Å². The average molecular weight is 348 g/mol. The number of aromatic nitrogens is 1. The predicted molar refractivity (Wildman–Crippen MR) is 94.9 cm³/mol. The number of pyridine rings is 1. The lowest BCUT2D eigenvalue weighted by atomic mass is 9.95. The highest BCUT2D eigenvalue weighted by Gasteiger charge is 2.30. The number of piperidine rings is 1. The average Bonchev–Trinajstić information content (AvgIpc) is 2.64. The molecule has 0 radical (unpaired) electrons. The molecule has 7 nitrogen and oxygen atoms in total. The van der Waals surface area contributed by atoms with Gasteiger partial charge in [0.05, 0.1) is 6.61 Å². The van der Waals surface area contributed by atoms with Crippen LogP contribution in [0.2, 0.25) is 0 Å². The lowest BCUT2D eigenvalue weighted by Crippen LogP contribution is -2.47. The molecule has 0 unspecified atom stereocenters. The van der Waals surface area contributed by atoms with Crippen molar-refractivity contribution in [3.8, 4) is 0 Å². The van der Waals surface area contributed by atoms with Crippen LogP contribution < -0.4 is 0 Å². The zero-order valence-electron chi connectivity index (χ0n) is 15.4. The van der Waals surface area contributed by atoms with E-state index in [0.717, 1.165) is 5.56 Å². The van der Waals surface area contributed by atoms with E-state index in [1.54, 1.807) is 38.5 Å². The second-order valence-electron chi connectivity index (χ2n) is 6.55. The van der Waals surface area contributed by atoms with Crippen molar-refractivity contribution in [1.82, 2.24) is 19.7 Å². The molecule has 0 aliphatic carbocycles. The van der Waals surface area contributed by atoms with Gasteiger partial charge in [-0.15, -0.1) is 0 Å². The second kappa shape index (κ2) is 9.36. The van der Waals surface area contributed by atoms with E-state index in [4.69, 9.17) is 4.74 Å². The molecule has 7 heteroatoms. The molecular formula is C18H28N4O3. The molecule has 1 fully saturated rings. The van der Waals surface area contributed by atoms with Gasteiger partial charge in [0.1, 0.15) is 0 Å². The molecule has 2 heterocycles. The van der Waals surface area contributed by atoms with Gasteiger partial charge < -0.3 is 19.4 Å². The number of hydrogen-bond acceptors (Lipinski definition) is 4. The molecular weight excluding hydrogens is 320 g/mol. The first-order chi connectivity index (χ1) is 12.0. The Balaban J connectivity index is 1.96. The Morgan fingerprint density at radius 3 is 2.44 bits per heavy atom. The minimum Gasteiger partial charge on any atom is -0.383 e. The van der Waals surface area contributed by atoms with Gasteiger partial charge >= 0.3 is 6.03 Å². The largest absolute Gasteiger partial charge is 0.383 e. The van der Waals surface area contributed by atoms with Crippen LogP contribution in [0.25, 0.3) is 0 Å². The number of urea groups is 1. The zero-order valence-corrected chi connectivity index (χ0v) is 15.4. The third-order valence-corrected chi connectivity index (χ3v) is 4.50. The summed E-state index contributed by atoms with van der Waals surface area (Å²) in [4.78, 5) is 34.2. The van der Waals surface area contributed by atoms with Gasteiger partial charge in [0, 0.05) is 65.7 Å². The van der Waals surface area contributed by atoms with Crippen molar-refractivity contribution in [1.29, 1.82) is 0 Å². The molecule has 0 spiro atoms. The quantitative estimate of drug-likeness (QED) is 0.780.